The van der Waals surface area contributed by atoms with Crippen LogP contribution in [0, 0.1) is 6.92 Å². The maximum absolute atomic E-state index is 11.5. The summed E-state index contributed by atoms with van der Waals surface area (Å²) in [5, 5.41) is 4.66. The number of nitrogens with one attached hydrogen (secondary N) is 1. The van der Waals surface area contributed by atoms with E-state index in [1.165, 1.54) is 22.2 Å². The van der Waals surface area contributed by atoms with Gasteiger partial charge in [0.1, 0.15) is 0 Å². The summed E-state index contributed by atoms with van der Waals surface area (Å²) in [6.07, 6.45) is 0.538. The fourth-order valence-corrected chi connectivity index (χ4v) is 2.51. The third-order valence-corrected chi connectivity index (χ3v) is 3.81. The molecule has 1 amide bonds. The van der Waals surface area contributed by atoms with Gasteiger partial charge in [-0.25, -0.2) is 0 Å². The predicted octanol–water partition coefficient (Wildman–Crippen LogP) is 2.05. The van der Waals surface area contributed by atoms with Crippen molar-refractivity contribution in [3.05, 3.63) is 35.5 Å². The van der Waals surface area contributed by atoms with Gasteiger partial charge in [0.15, 0.2) is 0 Å². The lowest BCUT2D eigenvalue weighted by atomic mass is 10.1. The molecule has 4 heteroatoms. The molecule has 0 bridgehead atoms. The van der Waals surface area contributed by atoms with E-state index in [1.54, 1.807) is 19.0 Å². The number of rotatable bonds is 5. The molecular formula is C16H23N3O. The van der Waals surface area contributed by atoms with E-state index in [1.807, 2.05) is 0 Å². The lowest BCUT2D eigenvalue weighted by Crippen LogP contribution is -2.27. The number of hydrogen-bond acceptors (Lipinski definition) is 2. The van der Waals surface area contributed by atoms with Crippen LogP contribution in [0.15, 0.2) is 24.3 Å². The summed E-state index contributed by atoms with van der Waals surface area (Å²) in [4.78, 5) is 13.1. The minimum absolute atomic E-state index is 0.159. The number of para-hydroxylation sites is 1. The summed E-state index contributed by atoms with van der Waals surface area (Å²) in [7, 11) is 5.67. The van der Waals surface area contributed by atoms with Crippen molar-refractivity contribution in [2.45, 2.75) is 19.9 Å². The first-order chi connectivity index (χ1) is 9.52. The van der Waals surface area contributed by atoms with Crippen molar-refractivity contribution in [1.82, 2.24) is 14.8 Å². The van der Waals surface area contributed by atoms with Gasteiger partial charge in [-0.1, -0.05) is 18.2 Å². The molecule has 4 nitrogen and oxygen atoms in total. The van der Waals surface area contributed by atoms with Gasteiger partial charge in [-0.15, -0.1) is 0 Å². The first-order valence-electron chi connectivity index (χ1n) is 6.96. The molecule has 0 radical (unpaired) electrons. The van der Waals surface area contributed by atoms with Crippen LogP contribution in [-0.4, -0.2) is 36.0 Å². The number of carbonyl (C=O) groups is 1. The number of aryl methyl sites for hydroxylation is 2. The van der Waals surface area contributed by atoms with Crippen LogP contribution in [0.25, 0.3) is 10.9 Å². The standard InChI is InChI=1S/C16H23N3O/c1-12-13-7-5-6-8-14(13)19(4)15(12)11-17-10-9-16(20)18(2)3/h5-8,17H,9-11H2,1-4H3. The van der Waals surface area contributed by atoms with Gasteiger partial charge in [-0.05, 0) is 18.6 Å². The van der Waals surface area contributed by atoms with Crippen LogP contribution in [0.3, 0.4) is 0 Å². The van der Waals surface area contributed by atoms with Crippen LogP contribution in [0.4, 0.5) is 0 Å². The van der Waals surface area contributed by atoms with Crippen LogP contribution in [0.1, 0.15) is 17.7 Å². The number of fused-ring (bicyclic) bond motifs is 1. The Hall–Kier alpha value is -1.81. The summed E-state index contributed by atoms with van der Waals surface area (Å²) >= 11 is 0. The van der Waals surface area contributed by atoms with Crippen molar-refractivity contribution in [2.24, 2.45) is 7.05 Å². The van der Waals surface area contributed by atoms with Crippen LogP contribution in [0.5, 0.6) is 0 Å². The molecule has 2 rings (SSSR count). The normalized spacial score (nSPS) is 11.0. The minimum Gasteiger partial charge on any atom is -0.349 e. The zero-order chi connectivity index (χ0) is 14.7. The summed E-state index contributed by atoms with van der Waals surface area (Å²) in [6, 6.07) is 8.43. The number of amides is 1. The molecule has 0 spiro atoms. The Morgan fingerprint density at radius 1 is 1.30 bits per heavy atom. The molecule has 0 saturated heterocycles. The minimum atomic E-state index is 0.159. The molecule has 0 fully saturated rings. The van der Waals surface area contributed by atoms with E-state index in [0.29, 0.717) is 13.0 Å². The molecule has 1 aromatic carbocycles. The molecule has 1 heterocycles. The van der Waals surface area contributed by atoms with E-state index >= 15 is 0 Å². The molecular weight excluding hydrogens is 250 g/mol. The number of carbonyl (C=O) groups excluding carboxylic acids is 1. The maximum atomic E-state index is 11.5. The van der Waals surface area contributed by atoms with Gasteiger partial charge in [0.2, 0.25) is 5.91 Å². The predicted molar refractivity (Wildman–Crippen MR) is 82.7 cm³/mol. The van der Waals surface area contributed by atoms with Gasteiger partial charge in [0.05, 0.1) is 0 Å². The SMILES string of the molecule is Cc1c(CNCCC(=O)N(C)C)n(C)c2ccccc12. The molecule has 1 aromatic heterocycles. The summed E-state index contributed by atoms with van der Waals surface area (Å²) < 4.78 is 2.23. The Kier molecular flexibility index (Phi) is 4.45. The smallest absolute Gasteiger partial charge is 0.223 e. The number of hydrogen-bond donors (Lipinski definition) is 1. The summed E-state index contributed by atoms with van der Waals surface area (Å²) in [5.74, 6) is 0.159. The Morgan fingerprint density at radius 2 is 2.00 bits per heavy atom. The molecule has 0 atom stereocenters. The molecule has 0 aliphatic heterocycles. The zero-order valence-corrected chi connectivity index (χ0v) is 12.7. The molecule has 0 aliphatic carbocycles. The van der Waals surface area contributed by atoms with Gasteiger partial charge in [-0.3, -0.25) is 4.79 Å². The monoisotopic (exact) mass is 273 g/mol. The largest absolute Gasteiger partial charge is 0.349 e. The first kappa shape index (κ1) is 14.6. The van der Waals surface area contributed by atoms with Crippen LogP contribution < -0.4 is 5.32 Å². The van der Waals surface area contributed by atoms with Crippen LogP contribution >= 0.6 is 0 Å². The van der Waals surface area contributed by atoms with E-state index in [0.717, 1.165) is 6.54 Å². The van der Waals surface area contributed by atoms with Crippen molar-refractivity contribution >= 4 is 16.8 Å². The highest BCUT2D eigenvalue weighted by molar-refractivity contribution is 5.85. The van der Waals surface area contributed by atoms with E-state index < -0.39 is 0 Å². The zero-order valence-electron chi connectivity index (χ0n) is 12.7. The van der Waals surface area contributed by atoms with Crippen molar-refractivity contribution in [3.8, 4) is 0 Å². The van der Waals surface area contributed by atoms with Crippen molar-refractivity contribution < 1.29 is 4.79 Å². The lowest BCUT2D eigenvalue weighted by molar-refractivity contribution is -0.128. The molecule has 20 heavy (non-hydrogen) atoms. The maximum Gasteiger partial charge on any atom is 0.223 e. The topological polar surface area (TPSA) is 37.3 Å². The van der Waals surface area contributed by atoms with Crippen LogP contribution in [-0.2, 0) is 18.4 Å². The van der Waals surface area contributed by atoms with E-state index in [2.05, 4.69) is 48.1 Å². The van der Waals surface area contributed by atoms with E-state index in [9.17, 15) is 4.79 Å². The second-order valence-electron chi connectivity index (χ2n) is 5.36. The van der Waals surface area contributed by atoms with Gasteiger partial charge in [-0.2, -0.15) is 0 Å². The highest BCUT2D eigenvalue weighted by Crippen LogP contribution is 2.24. The van der Waals surface area contributed by atoms with Gasteiger partial charge < -0.3 is 14.8 Å². The fourth-order valence-electron chi connectivity index (χ4n) is 2.51. The Bertz CT molecular complexity index is 574. The molecule has 0 saturated carbocycles. The lowest BCUT2D eigenvalue weighted by Gasteiger charge is -2.11. The van der Waals surface area contributed by atoms with Crippen LogP contribution in [0.2, 0.25) is 0 Å². The summed E-state index contributed by atoms with van der Waals surface area (Å²) in [5.41, 5.74) is 3.85. The highest BCUT2D eigenvalue weighted by Gasteiger charge is 2.10. The van der Waals surface area contributed by atoms with Crippen molar-refractivity contribution in [3.63, 3.8) is 0 Å². The highest BCUT2D eigenvalue weighted by atomic mass is 16.2. The Labute approximate surface area is 120 Å². The average molecular weight is 273 g/mol. The van der Waals surface area contributed by atoms with E-state index in [4.69, 9.17) is 0 Å². The summed E-state index contributed by atoms with van der Waals surface area (Å²) in [6.45, 7) is 3.65. The van der Waals surface area contributed by atoms with Gasteiger partial charge >= 0.3 is 0 Å². The third kappa shape index (κ3) is 2.85. The quantitative estimate of drug-likeness (QED) is 0.847. The first-order valence-corrected chi connectivity index (χ1v) is 6.96. The number of aromatic nitrogens is 1. The van der Waals surface area contributed by atoms with Crippen molar-refractivity contribution in [2.75, 3.05) is 20.6 Å². The molecule has 108 valence electrons. The molecule has 1 N–H and O–H groups in total. The molecule has 2 aromatic rings. The average Bonchev–Trinajstić information content (AvgIpc) is 2.68. The molecule has 0 aliphatic rings. The third-order valence-electron chi connectivity index (χ3n) is 3.81. The fraction of sp³-hybridized carbons (Fsp3) is 0.438. The second kappa shape index (κ2) is 6.09. The van der Waals surface area contributed by atoms with E-state index in [-0.39, 0.29) is 5.91 Å². The Morgan fingerprint density at radius 3 is 2.65 bits per heavy atom. The Balaban J connectivity index is 2.02. The number of benzene rings is 1. The number of nitrogens with zero attached hydrogens (tertiary/aromatic N) is 2. The second-order valence-corrected chi connectivity index (χ2v) is 5.36. The van der Waals surface area contributed by atoms with Gasteiger partial charge in [0.25, 0.3) is 0 Å². The molecule has 0 unspecified atom stereocenters. The van der Waals surface area contributed by atoms with Crippen molar-refractivity contribution in [1.29, 1.82) is 0 Å². The van der Waals surface area contributed by atoms with Gasteiger partial charge in [0, 0.05) is 57.3 Å².